The van der Waals surface area contributed by atoms with Crippen molar-refractivity contribution in [1.29, 1.82) is 0 Å². The SMILES string of the molecule is COC(=O)c1cccc2nc(-c3cccs3)oc(=O)c12. The molecule has 0 aliphatic rings. The Labute approximate surface area is 117 Å². The highest BCUT2D eigenvalue weighted by Gasteiger charge is 2.17. The number of benzene rings is 1. The number of carbonyl (C=O) groups is 1. The monoisotopic (exact) mass is 287 g/mol. The molecule has 1 aromatic carbocycles. The molecule has 2 aromatic heterocycles. The van der Waals surface area contributed by atoms with Crippen LogP contribution in [-0.4, -0.2) is 18.1 Å². The van der Waals surface area contributed by atoms with Gasteiger partial charge in [-0.25, -0.2) is 14.6 Å². The molecule has 0 fully saturated rings. The zero-order valence-corrected chi connectivity index (χ0v) is 11.3. The van der Waals surface area contributed by atoms with E-state index in [1.54, 1.807) is 12.1 Å². The van der Waals surface area contributed by atoms with Gasteiger partial charge >= 0.3 is 11.6 Å². The molecule has 0 unspecified atom stereocenters. The number of hydrogen-bond acceptors (Lipinski definition) is 6. The highest BCUT2D eigenvalue weighted by molar-refractivity contribution is 7.13. The van der Waals surface area contributed by atoms with Gasteiger partial charge in [0.1, 0.15) is 5.39 Å². The van der Waals surface area contributed by atoms with Crippen molar-refractivity contribution in [1.82, 2.24) is 4.98 Å². The Balaban J connectivity index is 2.30. The average molecular weight is 287 g/mol. The van der Waals surface area contributed by atoms with Gasteiger partial charge in [0.15, 0.2) is 0 Å². The molecule has 2 heterocycles. The average Bonchev–Trinajstić information content (AvgIpc) is 3.00. The van der Waals surface area contributed by atoms with Gasteiger partial charge in [-0.1, -0.05) is 12.1 Å². The minimum Gasteiger partial charge on any atom is -0.465 e. The van der Waals surface area contributed by atoms with Crippen LogP contribution in [0.15, 0.2) is 44.9 Å². The quantitative estimate of drug-likeness (QED) is 0.678. The first-order chi connectivity index (χ1) is 9.70. The van der Waals surface area contributed by atoms with Gasteiger partial charge < -0.3 is 9.15 Å². The maximum atomic E-state index is 12.1. The summed E-state index contributed by atoms with van der Waals surface area (Å²) < 4.78 is 9.86. The number of hydrogen-bond donors (Lipinski definition) is 0. The summed E-state index contributed by atoms with van der Waals surface area (Å²) in [7, 11) is 1.26. The van der Waals surface area contributed by atoms with Crippen molar-refractivity contribution >= 4 is 28.2 Å². The molecule has 100 valence electrons. The van der Waals surface area contributed by atoms with E-state index in [0.29, 0.717) is 5.52 Å². The van der Waals surface area contributed by atoms with E-state index in [0.717, 1.165) is 4.88 Å². The summed E-state index contributed by atoms with van der Waals surface area (Å²) >= 11 is 1.42. The van der Waals surface area contributed by atoms with E-state index in [4.69, 9.17) is 4.42 Å². The molecule has 3 aromatic rings. The molecule has 0 saturated heterocycles. The van der Waals surface area contributed by atoms with Gasteiger partial charge in [-0.05, 0) is 23.6 Å². The number of fused-ring (bicyclic) bond motifs is 1. The number of thiophene rings is 1. The van der Waals surface area contributed by atoms with E-state index in [1.807, 2.05) is 17.5 Å². The van der Waals surface area contributed by atoms with Gasteiger partial charge in [-0.2, -0.15) is 0 Å². The third-order valence-corrected chi connectivity index (χ3v) is 3.65. The zero-order valence-electron chi connectivity index (χ0n) is 10.5. The highest BCUT2D eigenvalue weighted by atomic mass is 32.1. The van der Waals surface area contributed by atoms with Crippen LogP contribution in [0, 0.1) is 0 Å². The van der Waals surface area contributed by atoms with Crippen molar-refractivity contribution in [2.24, 2.45) is 0 Å². The van der Waals surface area contributed by atoms with Crippen LogP contribution in [0.3, 0.4) is 0 Å². The second-order valence-electron chi connectivity index (χ2n) is 3.98. The molecular formula is C14H9NO4S. The highest BCUT2D eigenvalue weighted by Crippen LogP contribution is 2.24. The number of carbonyl (C=O) groups excluding carboxylic acids is 1. The van der Waals surface area contributed by atoms with Crippen LogP contribution < -0.4 is 5.63 Å². The van der Waals surface area contributed by atoms with Crippen LogP contribution >= 0.6 is 11.3 Å². The Morgan fingerprint density at radius 2 is 2.15 bits per heavy atom. The minimum absolute atomic E-state index is 0.139. The first kappa shape index (κ1) is 12.6. The maximum absolute atomic E-state index is 12.1. The minimum atomic E-state index is -0.598. The molecule has 0 spiro atoms. The summed E-state index contributed by atoms with van der Waals surface area (Å²) in [4.78, 5) is 28.8. The number of esters is 1. The van der Waals surface area contributed by atoms with Crippen LogP contribution in [0.2, 0.25) is 0 Å². The molecule has 0 aliphatic carbocycles. The van der Waals surface area contributed by atoms with Crippen molar-refractivity contribution in [2.45, 2.75) is 0 Å². The molecular weight excluding hydrogens is 278 g/mol. The van der Waals surface area contributed by atoms with Crippen LogP contribution in [0.4, 0.5) is 0 Å². The van der Waals surface area contributed by atoms with E-state index in [-0.39, 0.29) is 16.8 Å². The normalized spacial score (nSPS) is 10.7. The summed E-state index contributed by atoms with van der Waals surface area (Å²) in [5.41, 5.74) is -0.0315. The van der Waals surface area contributed by atoms with Gasteiger partial charge in [0.25, 0.3) is 0 Å². The lowest BCUT2D eigenvalue weighted by Gasteiger charge is -2.04. The number of ether oxygens (including phenoxy) is 1. The summed E-state index contributed by atoms with van der Waals surface area (Å²) in [6.07, 6.45) is 0. The molecule has 0 radical (unpaired) electrons. The fraction of sp³-hybridized carbons (Fsp3) is 0.0714. The predicted octanol–water partition coefficient (Wildman–Crippen LogP) is 2.70. The standard InChI is InChI=1S/C14H9NO4S/c1-18-13(16)8-4-2-5-9-11(8)14(17)19-12(15-9)10-6-3-7-20-10/h2-7H,1H3. The maximum Gasteiger partial charge on any atom is 0.348 e. The fourth-order valence-corrected chi connectivity index (χ4v) is 2.55. The van der Waals surface area contributed by atoms with Crippen molar-refractivity contribution in [3.8, 4) is 10.8 Å². The predicted molar refractivity (Wildman–Crippen MR) is 74.9 cm³/mol. The van der Waals surface area contributed by atoms with Crippen molar-refractivity contribution in [3.05, 3.63) is 51.7 Å². The largest absolute Gasteiger partial charge is 0.465 e. The summed E-state index contributed by atoms with van der Waals surface area (Å²) in [6.45, 7) is 0. The molecule has 3 rings (SSSR count). The van der Waals surface area contributed by atoms with Crippen LogP contribution in [-0.2, 0) is 4.74 Å². The molecule has 5 nitrogen and oxygen atoms in total. The van der Waals surface area contributed by atoms with Gasteiger partial charge in [-0.3, -0.25) is 0 Å². The molecule has 0 N–H and O–H groups in total. The van der Waals surface area contributed by atoms with Crippen molar-refractivity contribution in [3.63, 3.8) is 0 Å². The van der Waals surface area contributed by atoms with E-state index >= 15 is 0 Å². The Kier molecular flexibility index (Phi) is 3.08. The Bertz CT molecular complexity index is 836. The molecule has 0 aliphatic heterocycles. The molecule has 20 heavy (non-hydrogen) atoms. The van der Waals surface area contributed by atoms with Crippen LogP contribution in [0.25, 0.3) is 21.7 Å². The molecule has 0 atom stereocenters. The van der Waals surface area contributed by atoms with Gasteiger partial charge in [0.05, 0.1) is 23.1 Å². The first-order valence-electron chi connectivity index (χ1n) is 5.77. The Hall–Kier alpha value is -2.47. The topological polar surface area (TPSA) is 69.4 Å². The Morgan fingerprint density at radius 3 is 2.85 bits per heavy atom. The van der Waals surface area contributed by atoms with Gasteiger partial charge in [0.2, 0.25) is 5.89 Å². The molecule has 0 amide bonds. The molecule has 6 heteroatoms. The second-order valence-corrected chi connectivity index (χ2v) is 4.92. The lowest BCUT2D eigenvalue weighted by molar-refractivity contribution is 0.0602. The van der Waals surface area contributed by atoms with E-state index < -0.39 is 11.6 Å². The molecule has 0 bridgehead atoms. The number of aromatic nitrogens is 1. The number of methoxy groups -OCH3 is 1. The van der Waals surface area contributed by atoms with Crippen molar-refractivity contribution in [2.75, 3.05) is 7.11 Å². The zero-order chi connectivity index (χ0) is 14.1. The smallest absolute Gasteiger partial charge is 0.348 e. The lowest BCUT2D eigenvalue weighted by Crippen LogP contribution is -2.10. The lowest BCUT2D eigenvalue weighted by atomic mass is 10.1. The van der Waals surface area contributed by atoms with E-state index in [9.17, 15) is 9.59 Å². The fourth-order valence-electron chi connectivity index (χ4n) is 1.90. The summed E-state index contributed by atoms with van der Waals surface area (Å²) in [6, 6.07) is 8.48. The van der Waals surface area contributed by atoms with Crippen LogP contribution in [0.1, 0.15) is 10.4 Å². The van der Waals surface area contributed by atoms with E-state index in [1.165, 1.54) is 24.5 Å². The van der Waals surface area contributed by atoms with Gasteiger partial charge in [0, 0.05) is 0 Å². The molecule has 0 saturated carbocycles. The second kappa shape index (κ2) is 4.90. The number of nitrogens with zero attached hydrogens (tertiary/aromatic N) is 1. The third kappa shape index (κ3) is 2.00. The summed E-state index contributed by atoms with van der Waals surface area (Å²) in [5, 5.41) is 2.01. The van der Waals surface area contributed by atoms with Crippen molar-refractivity contribution < 1.29 is 13.9 Å². The summed E-state index contributed by atoms with van der Waals surface area (Å²) in [5.74, 6) is -0.340. The van der Waals surface area contributed by atoms with Crippen LogP contribution in [0.5, 0.6) is 0 Å². The number of rotatable bonds is 2. The third-order valence-electron chi connectivity index (χ3n) is 2.80. The Morgan fingerprint density at radius 1 is 1.30 bits per heavy atom. The van der Waals surface area contributed by atoms with E-state index in [2.05, 4.69) is 9.72 Å². The first-order valence-corrected chi connectivity index (χ1v) is 6.64. The van der Waals surface area contributed by atoms with Gasteiger partial charge in [-0.15, -0.1) is 11.3 Å².